The van der Waals surface area contributed by atoms with Gasteiger partial charge < -0.3 is 11.1 Å². The second-order valence-corrected chi connectivity index (χ2v) is 4.84. The molecule has 3 heteroatoms. The van der Waals surface area contributed by atoms with E-state index in [0.717, 1.165) is 5.69 Å². The van der Waals surface area contributed by atoms with Gasteiger partial charge in [0, 0.05) is 11.6 Å². The van der Waals surface area contributed by atoms with E-state index in [-0.39, 0.29) is 5.78 Å². The summed E-state index contributed by atoms with van der Waals surface area (Å²) in [6.07, 6.45) is 6.37. The molecule has 1 fully saturated rings. The van der Waals surface area contributed by atoms with E-state index in [1.165, 1.54) is 32.1 Å². The van der Waals surface area contributed by atoms with Gasteiger partial charge in [-0.3, -0.25) is 4.79 Å². The number of anilines is 2. The first-order valence-corrected chi connectivity index (χ1v) is 6.34. The largest absolute Gasteiger partial charge is 0.397 e. The van der Waals surface area contributed by atoms with E-state index in [2.05, 4.69) is 5.32 Å². The third-order valence-corrected chi connectivity index (χ3v) is 3.42. The molecular formula is C14H20N2O. The number of benzene rings is 1. The highest BCUT2D eigenvalue weighted by Crippen LogP contribution is 2.25. The number of nitrogens with two attached hydrogens (primary N) is 1. The van der Waals surface area contributed by atoms with Crippen LogP contribution in [0.5, 0.6) is 0 Å². The number of nitrogens with one attached hydrogen (secondary N) is 1. The van der Waals surface area contributed by atoms with Crippen molar-refractivity contribution in [2.24, 2.45) is 0 Å². The molecule has 17 heavy (non-hydrogen) atoms. The fraction of sp³-hybridized carbons (Fsp3) is 0.500. The molecule has 0 atom stereocenters. The first-order valence-electron chi connectivity index (χ1n) is 6.34. The van der Waals surface area contributed by atoms with Crippen molar-refractivity contribution in [1.29, 1.82) is 0 Å². The van der Waals surface area contributed by atoms with Crippen LogP contribution in [0.3, 0.4) is 0 Å². The lowest BCUT2D eigenvalue weighted by Crippen LogP contribution is -2.22. The van der Waals surface area contributed by atoms with Gasteiger partial charge in [0.2, 0.25) is 0 Å². The molecule has 3 N–H and O–H groups in total. The molecule has 0 bridgehead atoms. The number of rotatable bonds is 3. The topological polar surface area (TPSA) is 55.1 Å². The molecule has 92 valence electrons. The Labute approximate surface area is 102 Å². The average Bonchev–Trinajstić information content (AvgIpc) is 2.33. The summed E-state index contributed by atoms with van der Waals surface area (Å²) in [6.45, 7) is 1.56. The van der Waals surface area contributed by atoms with Crippen molar-refractivity contribution < 1.29 is 4.79 Å². The van der Waals surface area contributed by atoms with E-state index < -0.39 is 0 Å². The fourth-order valence-electron chi connectivity index (χ4n) is 2.38. The zero-order valence-electron chi connectivity index (χ0n) is 10.3. The normalized spacial score (nSPS) is 16.8. The molecule has 3 nitrogen and oxygen atoms in total. The number of Topliss-reactive ketones (excluding diaryl/α,β-unsaturated/α-hetero) is 1. The fourth-order valence-corrected chi connectivity index (χ4v) is 2.38. The molecule has 0 spiro atoms. The Hall–Kier alpha value is -1.51. The minimum atomic E-state index is 0.0564. The third kappa shape index (κ3) is 2.99. The molecule has 0 aliphatic heterocycles. The van der Waals surface area contributed by atoms with Gasteiger partial charge >= 0.3 is 0 Å². The third-order valence-electron chi connectivity index (χ3n) is 3.42. The van der Waals surface area contributed by atoms with Crippen LogP contribution in [-0.2, 0) is 0 Å². The van der Waals surface area contributed by atoms with Gasteiger partial charge in [0.15, 0.2) is 5.78 Å². The Kier molecular flexibility index (Phi) is 3.67. The second-order valence-electron chi connectivity index (χ2n) is 4.84. The number of ketones is 1. The minimum absolute atomic E-state index is 0.0564. The SMILES string of the molecule is CC(=O)c1ccc(NC2CCCCC2)c(N)c1. The lowest BCUT2D eigenvalue weighted by atomic mass is 9.95. The number of hydrogen-bond acceptors (Lipinski definition) is 3. The summed E-state index contributed by atoms with van der Waals surface area (Å²) in [5.74, 6) is 0.0564. The molecular weight excluding hydrogens is 212 g/mol. The van der Waals surface area contributed by atoms with Crippen molar-refractivity contribution in [3.63, 3.8) is 0 Å². The van der Waals surface area contributed by atoms with E-state index >= 15 is 0 Å². The molecule has 1 aromatic rings. The summed E-state index contributed by atoms with van der Waals surface area (Å²) in [5.41, 5.74) is 8.27. The predicted octanol–water partition coefficient (Wildman–Crippen LogP) is 3.22. The smallest absolute Gasteiger partial charge is 0.159 e. The van der Waals surface area contributed by atoms with Gasteiger partial charge in [-0.2, -0.15) is 0 Å². The Balaban J connectivity index is 2.08. The Bertz CT molecular complexity index is 409. The van der Waals surface area contributed by atoms with Crippen molar-refractivity contribution in [1.82, 2.24) is 0 Å². The second kappa shape index (κ2) is 5.21. The maximum atomic E-state index is 11.2. The predicted molar refractivity (Wildman–Crippen MR) is 71.4 cm³/mol. The van der Waals surface area contributed by atoms with E-state index in [1.54, 1.807) is 13.0 Å². The molecule has 1 saturated carbocycles. The molecule has 0 saturated heterocycles. The zero-order chi connectivity index (χ0) is 12.3. The van der Waals surface area contributed by atoms with E-state index in [4.69, 9.17) is 5.73 Å². The molecule has 0 unspecified atom stereocenters. The highest BCUT2D eigenvalue weighted by Gasteiger charge is 2.14. The quantitative estimate of drug-likeness (QED) is 0.621. The number of hydrogen-bond donors (Lipinski definition) is 2. The van der Waals surface area contributed by atoms with Crippen LogP contribution in [0.2, 0.25) is 0 Å². The van der Waals surface area contributed by atoms with Crippen LogP contribution < -0.4 is 11.1 Å². The maximum Gasteiger partial charge on any atom is 0.159 e. The van der Waals surface area contributed by atoms with Gasteiger partial charge in [-0.25, -0.2) is 0 Å². The van der Waals surface area contributed by atoms with Gasteiger partial charge in [-0.05, 0) is 38.0 Å². The number of nitrogen functional groups attached to an aromatic ring is 1. The van der Waals surface area contributed by atoms with Crippen molar-refractivity contribution >= 4 is 17.2 Å². The van der Waals surface area contributed by atoms with Gasteiger partial charge in [-0.15, -0.1) is 0 Å². The minimum Gasteiger partial charge on any atom is -0.397 e. The van der Waals surface area contributed by atoms with Crippen LogP contribution >= 0.6 is 0 Å². The molecule has 0 radical (unpaired) electrons. The summed E-state index contributed by atoms with van der Waals surface area (Å²) < 4.78 is 0. The zero-order valence-corrected chi connectivity index (χ0v) is 10.3. The molecule has 0 amide bonds. The van der Waals surface area contributed by atoms with Gasteiger partial charge in [0.25, 0.3) is 0 Å². The van der Waals surface area contributed by atoms with Gasteiger partial charge in [0.05, 0.1) is 11.4 Å². The molecule has 2 rings (SSSR count). The monoisotopic (exact) mass is 232 g/mol. The maximum absolute atomic E-state index is 11.2. The number of carbonyl (C=O) groups excluding carboxylic acids is 1. The summed E-state index contributed by atoms with van der Waals surface area (Å²) in [5, 5.41) is 3.48. The van der Waals surface area contributed by atoms with Crippen LogP contribution in [0, 0.1) is 0 Å². The summed E-state index contributed by atoms with van der Waals surface area (Å²) in [7, 11) is 0. The Morgan fingerprint density at radius 3 is 2.59 bits per heavy atom. The highest BCUT2D eigenvalue weighted by molar-refractivity contribution is 5.96. The van der Waals surface area contributed by atoms with E-state index in [1.807, 2.05) is 12.1 Å². The molecule has 0 aromatic heterocycles. The van der Waals surface area contributed by atoms with Crippen LogP contribution in [0.25, 0.3) is 0 Å². The van der Waals surface area contributed by atoms with Gasteiger partial charge in [-0.1, -0.05) is 19.3 Å². The summed E-state index contributed by atoms with van der Waals surface area (Å²) in [6, 6.07) is 6.05. The van der Waals surface area contributed by atoms with Crippen LogP contribution in [0.4, 0.5) is 11.4 Å². The lowest BCUT2D eigenvalue weighted by Gasteiger charge is -2.24. The first kappa shape index (κ1) is 12.0. The van der Waals surface area contributed by atoms with Crippen molar-refractivity contribution in [3.8, 4) is 0 Å². The first-order chi connectivity index (χ1) is 8.16. The Morgan fingerprint density at radius 2 is 2.00 bits per heavy atom. The van der Waals surface area contributed by atoms with E-state index in [9.17, 15) is 4.79 Å². The molecule has 0 heterocycles. The van der Waals surface area contributed by atoms with Crippen LogP contribution in [0.1, 0.15) is 49.4 Å². The Morgan fingerprint density at radius 1 is 1.29 bits per heavy atom. The van der Waals surface area contributed by atoms with Crippen molar-refractivity contribution in [3.05, 3.63) is 23.8 Å². The highest BCUT2D eigenvalue weighted by atomic mass is 16.1. The van der Waals surface area contributed by atoms with Crippen LogP contribution in [-0.4, -0.2) is 11.8 Å². The standard InChI is InChI=1S/C14H20N2O/c1-10(17)11-7-8-14(13(15)9-11)16-12-5-3-2-4-6-12/h7-9,12,16H,2-6,15H2,1H3. The summed E-state index contributed by atoms with van der Waals surface area (Å²) >= 11 is 0. The molecule has 1 aliphatic carbocycles. The molecule has 1 aliphatic rings. The van der Waals surface area contributed by atoms with Crippen molar-refractivity contribution in [2.75, 3.05) is 11.1 Å². The van der Waals surface area contributed by atoms with Gasteiger partial charge in [0.1, 0.15) is 0 Å². The van der Waals surface area contributed by atoms with E-state index in [0.29, 0.717) is 17.3 Å². The lowest BCUT2D eigenvalue weighted by molar-refractivity contribution is 0.101. The van der Waals surface area contributed by atoms with Crippen LogP contribution in [0.15, 0.2) is 18.2 Å². The summed E-state index contributed by atoms with van der Waals surface area (Å²) in [4.78, 5) is 11.2. The average molecular weight is 232 g/mol. The molecule has 1 aromatic carbocycles. The number of carbonyl (C=O) groups is 1. The van der Waals surface area contributed by atoms with Crippen molar-refractivity contribution in [2.45, 2.75) is 45.1 Å².